The lowest BCUT2D eigenvalue weighted by atomic mass is 9.82. The number of nitrogens with one attached hydrogen (secondary N) is 1. The van der Waals surface area contributed by atoms with E-state index >= 15 is 0 Å². The quantitative estimate of drug-likeness (QED) is 0.808. The van der Waals surface area contributed by atoms with Crippen LogP contribution in [0.2, 0.25) is 0 Å². The predicted molar refractivity (Wildman–Crippen MR) is 65.9 cm³/mol. The zero-order valence-corrected chi connectivity index (χ0v) is 11.3. The molecule has 0 aromatic heterocycles. The van der Waals surface area contributed by atoms with Crippen LogP contribution in [0.15, 0.2) is 0 Å². The summed E-state index contributed by atoms with van der Waals surface area (Å²) in [5.41, 5.74) is -1.22. The van der Waals surface area contributed by atoms with Crippen molar-refractivity contribution in [3.8, 4) is 0 Å². The Morgan fingerprint density at radius 3 is 2.06 bits per heavy atom. The maximum atomic E-state index is 11.8. The number of carbonyl (C=O) groups excluding carboxylic acids is 2. The SMILES string of the molecule is CC(=O)C1(OC(=O)NC(C)(C)C)CCCCC1. The van der Waals surface area contributed by atoms with Crippen LogP contribution in [0.1, 0.15) is 59.8 Å². The van der Waals surface area contributed by atoms with Crippen LogP contribution in [0, 0.1) is 0 Å². The van der Waals surface area contributed by atoms with Crippen LogP contribution in [0.3, 0.4) is 0 Å². The van der Waals surface area contributed by atoms with Gasteiger partial charge < -0.3 is 10.1 Å². The maximum Gasteiger partial charge on any atom is 0.408 e. The summed E-state index contributed by atoms with van der Waals surface area (Å²) in [6, 6.07) is 0. The Bertz CT molecular complexity index is 298. The van der Waals surface area contributed by atoms with Crippen LogP contribution >= 0.6 is 0 Å². The Balaban J connectivity index is 2.67. The van der Waals surface area contributed by atoms with E-state index in [0.29, 0.717) is 12.8 Å². The molecule has 4 heteroatoms. The number of ketones is 1. The van der Waals surface area contributed by atoms with Gasteiger partial charge in [-0.15, -0.1) is 0 Å². The Hall–Kier alpha value is -1.06. The fraction of sp³-hybridized carbons (Fsp3) is 0.846. The lowest BCUT2D eigenvalue weighted by Crippen LogP contribution is -2.49. The van der Waals surface area contributed by atoms with Crippen molar-refractivity contribution in [2.45, 2.75) is 70.9 Å². The van der Waals surface area contributed by atoms with E-state index in [9.17, 15) is 9.59 Å². The van der Waals surface area contributed by atoms with E-state index in [0.717, 1.165) is 19.3 Å². The topological polar surface area (TPSA) is 55.4 Å². The van der Waals surface area contributed by atoms with Gasteiger partial charge in [-0.1, -0.05) is 6.42 Å². The molecule has 0 heterocycles. The van der Waals surface area contributed by atoms with Gasteiger partial charge in [-0.05, 0) is 53.4 Å². The molecule has 4 nitrogen and oxygen atoms in total. The molecule has 0 aliphatic heterocycles. The van der Waals surface area contributed by atoms with Gasteiger partial charge >= 0.3 is 6.09 Å². The van der Waals surface area contributed by atoms with E-state index in [1.54, 1.807) is 0 Å². The highest BCUT2D eigenvalue weighted by molar-refractivity contribution is 5.87. The van der Waals surface area contributed by atoms with Crippen LogP contribution in [-0.2, 0) is 9.53 Å². The standard InChI is InChI=1S/C13H23NO3/c1-10(15)13(8-6-5-7-9-13)17-11(16)14-12(2,3)4/h5-9H2,1-4H3,(H,14,16). The number of alkyl carbamates (subject to hydrolysis) is 1. The van der Waals surface area contributed by atoms with Crippen molar-refractivity contribution < 1.29 is 14.3 Å². The second kappa shape index (κ2) is 5.07. The minimum Gasteiger partial charge on any atom is -0.435 e. The smallest absolute Gasteiger partial charge is 0.408 e. The first-order valence-corrected chi connectivity index (χ1v) is 6.27. The number of hydrogen-bond acceptors (Lipinski definition) is 3. The van der Waals surface area contributed by atoms with E-state index in [1.807, 2.05) is 20.8 Å². The molecule has 0 bridgehead atoms. The second-order valence-corrected chi connectivity index (χ2v) is 5.88. The summed E-state index contributed by atoms with van der Waals surface area (Å²) in [4.78, 5) is 23.5. The zero-order valence-electron chi connectivity index (χ0n) is 11.3. The van der Waals surface area contributed by atoms with Crippen molar-refractivity contribution in [3.05, 3.63) is 0 Å². The van der Waals surface area contributed by atoms with Crippen LogP contribution in [0.5, 0.6) is 0 Å². The first-order chi connectivity index (χ1) is 7.75. The summed E-state index contributed by atoms with van der Waals surface area (Å²) in [7, 11) is 0. The van der Waals surface area contributed by atoms with Crippen molar-refractivity contribution in [1.29, 1.82) is 0 Å². The van der Waals surface area contributed by atoms with Gasteiger partial charge in [0.15, 0.2) is 11.4 Å². The normalized spacial score (nSPS) is 19.5. The molecule has 0 aromatic rings. The molecule has 0 radical (unpaired) electrons. The summed E-state index contributed by atoms with van der Waals surface area (Å²) in [5, 5.41) is 2.73. The molecular weight excluding hydrogens is 218 g/mol. The zero-order chi connectivity index (χ0) is 13.1. The summed E-state index contributed by atoms with van der Waals surface area (Å²) in [6.45, 7) is 7.16. The summed E-state index contributed by atoms with van der Waals surface area (Å²) >= 11 is 0. The number of amides is 1. The molecule has 1 aliphatic rings. The van der Waals surface area contributed by atoms with Crippen LogP contribution in [-0.4, -0.2) is 23.0 Å². The number of ether oxygens (including phenoxy) is 1. The van der Waals surface area contributed by atoms with Gasteiger partial charge in [0.25, 0.3) is 0 Å². The Kier molecular flexibility index (Phi) is 4.17. The Morgan fingerprint density at radius 1 is 1.12 bits per heavy atom. The van der Waals surface area contributed by atoms with Crippen molar-refractivity contribution in [3.63, 3.8) is 0 Å². The van der Waals surface area contributed by atoms with Gasteiger partial charge in [-0.25, -0.2) is 4.79 Å². The number of carbonyl (C=O) groups is 2. The third kappa shape index (κ3) is 4.02. The molecule has 1 saturated carbocycles. The van der Waals surface area contributed by atoms with Crippen molar-refractivity contribution >= 4 is 11.9 Å². The molecule has 0 saturated heterocycles. The highest BCUT2D eigenvalue weighted by atomic mass is 16.6. The van der Waals surface area contributed by atoms with Crippen LogP contribution in [0.25, 0.3) is 0 Å². The minimum atomic E-state index is -0.881. The molecule has 1 fully saturated rings. The van der Waals surface area contributed by atoms with Gasteiger partial charge in [0.2, 0.25) is 0 Å². The molecule has 1 rings (SSSR count). The fourth-order valence-corrected chi connectivity index (χ4v) is 2.16. The third-order valence-electron chi connectivity index (χ3n) is 3.07. The highest BCUT2D eigenvalue weighted by Crippen LogP contribution is 2.32. The molecule has 17 heavy (non-hydrogen) atoms. The van der Waals surface area contributed by atoms with Crippen LogP contribution in [0.4, 0.5) is 4.79 Å². The Morgan fingerprint density at radius 2 is 1.65 bits per heavy atom. The van der Waals surface area contributed by atoms with Crippen molar-refractivity contribution in [2.75, 3.05) is 0 Å². The fourth-order valence-electron chi connectivity index (χ4n) is 2.16. The molecule has 0 unspecified atom stereocenters. The lowest BCUT2D eigenvalue weighted by Gasteiger charge is -2.35. The third-order valence-corrected chi connectivity index (χ3v) is 3.07. The van der Waals surface area contributed by atoms with E-state index < -0.39 is 11.7 Å². The molecule has 0 aromatic carbocycles. The van der Waals surface area contributed by atoms with Crippen molar-refractivity contribution in [1.82, 2.24) is 5.32 Å². The Labute approximate surface area is 103 Å². The van der Waals surface area contributed by atoms with Gasteiger partial charge in [0.05, 0.1) is 0 Å². The van der Waals surface area contributed by atoms with E-state index in [2.05, 4.69) is 5.32 Å². The first kappa shape index (κ1) is 14.0. The minimum absolute atomic E-state index is 0.0405. The largest absolute Gasteiger partial charge is 0.435 e. The average Bonchev–Trinajstić information content (AvgIpc) is 2.15. The van der Waals surface area contributed by atoms with Crippen LogP contribution < -0.4 is 5.32 Å². The molecule has 0 atom stereocenters. The molecule has 1 aliphatic carbocycles. The van der Waals surface area contributed by atoms with Gasteiger partial charge in [0.1, 0.15) is 0 Å². The molecule has 1 amide bonds. The van der Waals surface area contributed by atoms with Crippen molar-refractivity contribution in [2.24, 2.45) is 0 Å². The maximum absolute atomic E-state index is 11.8. The number of hydrogen-bond donors (Lipinski definition) is 1. The monoisotopic (exact) mass is 241 g/mol. The second-order valence-electron chi connectivity index (χ2n) is 5.88. The first-order valence-electron chi connectivity index (χ1n) is 6.27. The highest BCUT2D eigenvalue weighted by Gasteiger charge is 2.41. The van der Waals surface area contributed by atoms with Gasteiger partial charge in [0, 0.05) is 5.54 Å². The number of rotatable bonds is 2. The molecular formula is C13H23NO3. The lowest BCUT2D eigenvalue weighted by molar-refractivity contribution is -0.138. The van der Waals surface area contributed by atoms with Gasteiger partial charge in [-0.2, -0.15) is 0 Å². The van der Waals surface area contributed by atoms with E-state index in [-0.39, 0.29) is 11.3 Å². The predicted octanol–water partition coefficient (Wildman–Crippen LogP) is 2.80. The molecule has 98 valence electrons. The summed E-state index contributed by atoms with van der Waals surface area (Å²) < 4.78 is 5.42. The van der Waals surface area contributed by atoms with E-state index in [1.165, 1.54) is 6.92 Å². The summed E-state index contributed by atoms with van der Waals surface area (Å²) in [5.74, 6) is -0.0405. The van der Waals surface area contributed by atoms with Gasteiger partial charge in [-0.3, -0.25) is 4.79 Å². The van der Waals surface area contributed by atoms with E-state index in [4.69, 9.17) is 4.74 Å². The molecule has 1 N–H and O–H groups in total. The number of Topliss-reactive ketones (excluding diaryl/α,β-unsaturated/α-hetero) is 1. The average molecular weight is 241 g/mol. The summed E-state index contributed by atoms with van der Waals surface area (Å²) in [6.07, 6.45) is 3.82. The molecule has 0 spiro atoms.